The molecule has 2 N–H and O–H groups in total. The molecule has 21 heavy (non-hydrogen) atoms. The first-order valence-corrected chi connectivity index (χ1v) is 7.49. The average Bonchev–Trinajstić information content (AvgIpc) is 2.98. The number of carbonyl (C=O) groups excluding carboxylic acids is 1. The summed E-state index contributed by atoms with van der Waals surface area (Å²) in [7, 11) is 0. The summed E-state index contributed by atoms with van der Waals surface area (Å²) in [5.41, 5.74) is 2.69. The van der Waals surface area contributed by atoms with Gasteiger partial charge >= 0.3 is 0 Å². The maximum Gasteiger partial charge on any atom is 0.253 e. The standard InChI is InChI=1S/C17H20N2O2/c1-2-18-14-7-4-3-6-13(14)17(20)19-15-8-5-9-16-12(15)10-11-21-16/h3-4,6-7,10-11,15,18H,2,5,8-9H2,1H3,(H,19,20). The molecule has 0 spiro atoms. The second-order valence-electron chi connectivity index (χ2n) is 5.29. The molecule has 1 amide bonds. The summed E-state index contributed by atoms with van der Waals surface area (Å²) in [6, 6.07) is 9.63. The zero-order chi connectivity index (χ0) is 14.7. The van der Waals surface area contributed by atoms with Crippen LogP contribution in [0.3, 0.4) is 0 Å². The lowest BCUT2D eigenvalue weighted by Gasteiger charge is -2.23. The van der Waals surface area contributed by atoms with Crippen molar-refractivity contribution in [1.82, 2.24) is 5.32 Å². The predicted octanol–water partition coefficient (Wildman–Crippen LogP) is 3.52. The van der Waals surface area contributed by atoms with Crippen LogP contribution in [0.15, 0.2) is 41.0 Å². The molecule has 1 aliphatic rings. The van der Waals surface area contributed by atoms with Crippen molar-refractivity contribution < 1.29 is 9.21 Å². The lowest BCUT2D eigenvalue weighted by molar-refractivity contribution is 0.0933. The summed E-state index contributed by atoms with van der Waals surface area (Å²) < 4.78 is 5.47. The summed E-state index contributed by atoms with van der Waals surface area (Å²) >= 11 is 0. The monoisotopic (exact) mass is 284 g/mol. The first-order chi connectivity index (χ1) is 10.3. The van der Waals surface area contributed by atoms with Gasteiger partial charge in [0.1, 0.15) is 5.76 Å². The molecule has 0 aliphatic heterocycles. The van der Waals surface area contributed by atoms with Gasteiger partial charge in [-0.3, -0.25) is 4.79 Å². The van der Waals surface area contributed by atoms with Crippen molar-refractivity contribution in [3.8, 4) is 0 Å². The van der Waals surface area contributed by atoms with Crippen molar-refractivity contribution in [2.75, 3.05) is 11.9 Å². The van der Waals surface area contributed by atoms with Crippen molar-refractivity contribution in [3.05, 3.63) is 53.5 Å². The number of amides is 1. The second-order valence-corrected chi connectivity index (χ2v) is 5.29. The Bertz CT molecular complexity index is 633. The minimum atomic E-state index is -0.0365. The maximum absolute atomic E-state index is 12.6. The molecule has 1 aliphatic carbocycles. The molecule has 3 rings (SSSR count). The summed E-state index contributed by atoms with van der Waals surface area (Å²) in [6.45, 7) is 2.81. The Morgan fingerprint density at radius 1 is 1.33 bits per heavy atom. The molecular formula is C17H20N2O2. The van der Waals surface area contributed by atoms with E-state index < -0.39 is 0 Å². The quantitative estimate of drug-likeness (QED) is 0.903. The molecule has 2 aromatic rings. The van der Waals surface area contributed by atoms with E-state index in [-0.39, 0.29) is 11.9 Å². The Labute approximate surface area is 124 Å². The highest BCUT2D eigenvalue weighted by Crippen LogP contribution is 2.31. The fourth-order valence-corrected chi connectivity index (χ4v) is 2.90. The van der Waals surface area contributed by atoms with Gasteiger partial charge in [0.25, 0.3) is 5.91 Å². The minimum Gasteiger partial charge on any atom is -0.469 e. The maximum atomic E-state index is 12.6. The number of carbonyl (C=O) groups is 1. The van der Waals surface area contributed by atoms with Crippen LogP contribution in [0.4, 0.5) is 5.69 Å². The topological polar surface area (TPSA) is 54.3 Å². The van der Waals surface area contributed by atoms with E-state index in [1.807, 2.05) is 37.3 Å². The molecule has 1 heterocycles. The highest BCUT2D eigenvalue weighted by molar-refractivity contribution is 5.99. The van der Waals surface area contributed by atoms with Gasteiger partial charge in [0.05, 0.1) is 17.9 Å². The number of furan rings is 1. The predicted molar refractivity (Wildman–Crippen MR) is 82.5 cm³/mol. The van der Waals surface area contributed by atoms with Gasteiger partial charge in [-0.1, -0.05) is 12.1 Å². The molecule has 0 bridgehead atoms. The number of fused-ring (bicyclic) bond motifs is 1. The minimum absolute atomic E-state index is 0.0365. The van der Waals surface area contributed by atoms with Gasteiger partial charge < -0.3 is 15.1 Å². The van der Waals surface area contributed by atoms with Crippen LogP contribution in [0.2, 0.25) is 0 Å². The highest BCUT2D eigenvalue weighted by atomic mass is 16.3. The van der Waals surface area contributed by atoms with E-state index in [1.54, 1.807) is 6.26 Å². The van der Waals surface area contributed by atoms with Crippen molar-refractivity contribution in [2.24, 2.45) is 0 Å². The Morgan fingerprint density at radius 3 is 3.05 bits per heavy atom. The number of aryl methyl sites for hydroxylation is 1. The van der Waals surface area contributed by atoms with E-state index in [4.69, 9.17) is 4.42 Å². The average molecular weight is 284 g/mol. The number of anilines is 1. The highest BCUT2D eigenvalue weighted by Gasteiger charge is 2.24. The summed E-state index contributed by atoms with van der Waals surface area (Å²) in [5.74, 6) is 0.970. The number of nitrogens with one attached hydrogen (secondary N) is 2. The summed E-state index contributed by atoms with van der Waals surface area (Å²) in [5, 5.41) is 6.37. The van der Waals surface area contributed by atoms with Crippen LogP contribution >= 0.6 is 0 Å². The normalized spacial score (nSPS) is 17.1. The molecule has 1 unspecified atom stereocenters. The van der Waals surface area contributed by atoms with Crippen molar-refractivity contribution in [3.63, 3.8) is 0 Å². The molecule has 110 valence electrons. The molecule has 1 aromatic carbocycles. The van der Waals surface area contributed by atoms with E-state index >= 15 is 0 Å². The van der Waals surface area contributed by atoms with E-state index in [1.165, 1.54) is 0 Å². The Hall–Kier alpha value is -2.23. The van der Waals surface area contributed by atoms with Crippen LogP contribution in [-0.4, -0.2) is 12.5 Å². The van der Waals surface area contributed by atoms with Crippen molar-refractivity contribution in [1.29, 1.82) is 0 Å². The van der Waals surface area contributed by atoms with Crippen LogP contribution in [0.25, 0.3) is 0 Å². The first-order valence-electron chi connectivity index (χ1n) is 7.49. The number of hydrogen-bond acceptors (Lipinski definition) is 3. The van der Waals surface area contributed by atoms with Crippen LogP contribution in [0.5, 0.6) is 0 Å². The molecule has 4 heteroatoms. The number of hydrogen-bond donors (Lipinski definition) is 2. The third-order valence-corrected chi connectivity index (χ3v) is 3.90. The number of benzene rings is 1. The van der Waals surface area contributed by atoms with Gasteiger partial charge in [-0.25, -0.2) is 0 Å². The summed E-state index contributed by atoms with van der Waals surface area (Å²) in [6.07, 6.45) is 4.67. The van der Waals surface area contributed by atoms with Gasteiger partial charge in [-0.05, 0) is 38.0 Å². The molecule has 1 atom stereocenters. The smallest absolute Gasteiger partial charge is 0.253 e. The van der Waals surface area contributed by atoms with Crippen molar-refractivity contribution >= 4 is 11.6 Å². The van der Waals surface area contributed by atoms with Crippen LogP contribution < -0.4 is 10.6 Å². The molecule has 0 fully saturated rings. The molecule has 4 nitrogen and oxygen atoms in total. The number of para-hydroxylation sites is 1. The summed E-state index contributed by atoms with van der Waals surface area (Å²) in [4.78, 5) is 12.6. The molecule has 0 saturated heterocycles. The number of rotatable bonds is 4. The van der Waals surface area contributed by atoms with E-state index in [9.17, 15) is 4.79 Å². The van der Waals surface area contributed by atoms with Crippen LogP contribution in [-0.2, 0) is 6.42 Å². The fraction of sp³-hybridized carbons (Fsp3) is 0.353. The molecule has 1 aromatic heterocycles. The first kappa shape index (κ1) is 13.7. The fourth-order valence-electron chi connectivity index (χ4n) is 2.90. The molecule has 0 saturated carbocycles. The zero-order valence-electron chi connectivity index (χ0n) is 12.2. The Morgan fingerprint density at radius 2 is 2.19 bits per heavy atom. The zero-order valence-corrected chi connectivity index (χ0v) is 12.2. The largest absolute Gasteiger partial charge is 0.469 e. The van der Waals surface area contributed by atoms with E-state index in [2.05, 4.69) is 10.6 Å². The van der Waals surface area contributed by atoms with Crippen LogP contribution in [0.1, 0.15) is 47.5 Å². The lowest BCUT2D eigenvalue weighted by Crippen LogP contribution is -2.31. The van der Waals surface area contributed by atoms with Gasteiger partial charge in [0.15, 0.2) is 0 Å². The van der Waals surface area contributed by atoms with Crippen molar-refractivity contribution in [2.45, 2.75) is 32.2 Å². The van der Waals surface area contributed by atoms with Gasteiger partial charge in [0, 0.05) is 24.2 Å². The third kappa shape index (κ3) is 2.79. The van der Waals surface area contributed by atoms with E-state index in [0.717, 1.165) is 42.8 Å². The Balaban J connectivity index is 1.79. The van der Waals surface area contributed by atoms with Crippen LogP contribution in [0, 0.1) is 0 Å². The lowest BCUT2D eigenvalue weighted by atomic mass is 9.93. The molecular weight excluding hydrogens is 264 g/mol. The second kappa shape index (κ2) is 6.04. The van der Waals surface area contributed by atoms with E-state index in [0.29, 0.717) is 5.56 Å². The SMILES string of the molecule is CCNc1ccccc1C(=O)NC1CCCc2occc21. The third-order valence-electron chi connectivity index (χ3n) is 3.90. The van der Waals surface area contributed by atoms with Gasteiger partial charge in [-0.2, -0.15) is 0 Å². The van der Waals surface area contributed by atoms with Gasteiger partial charge in [0.2, 0.25) is 0 Å². The molecule has 0 radical (unpaired) electrons. The Kier molecular flexibility index (Phi) is 3.95. The van der Waals surface area contributed by atoms with Gasteiger partial charge in [-0.15, -0.1) is 0 Å².